The van der Waals surface area contributed by atoms with Crippen molar-refractivity contribution in [2.75, 3.05) is 19.0 Å². The second-order valence-corrected chi connectivity index (χ2v) is 5.56. The van der Waals surface area contributed by atoms with Gasteiger partial charge in [0.15, 0.2) is 0 Å². The van der Waals surface area contributed by atoms with E-state index in [-0.39, 0.29) is 5.97 Å². The zero-order chi connectivity index (χ0) is 13.7. The number of carbonyl (C=O) groups excluding carboxylic acids is 1. The van der Waals surface area contributed by atoms with Crippen molar-refractivity contribution in [3.8, 4) is 0 Å². The maximum Gasteiger partial charge on any atom is 0.339 e. The lowest BCUT2D eigenvalue weighted by Crippen LogP contribution is -2.21. The molecule has 104 valence electrons. The number of methoxy groups -OCH3 is 1. The van der Waals surface area contributed by atoms with E-state index in [1.54, 1.807) is 6.07 Å². The second kappa shape index (κ2) is 6.60. The number of anilines is 1. The van der Waals surface area contributed by atoms with Crippen molar-refractivity contribution in [2.45, 2.75) is 32.6 Å². The second-order valence-electron chi connectivity index (χ2n) is 5.56. The predicted octanol–water partition coefficient (Wildman–Crippen LogP) is 3.71. The lowest BCUT2D eigenvalue weighted by molar-refractivity contribution is 0.0602. The predicted molar refractivity (Wildman–Crippen MR) is 77.4 cm³/mol. The highest BCUT2D eigenvalue weighted by Crippen LogP contribution is 2.29. The fourth-order valence-electron chi connectivity index (χ4n) is 2.92. The van der Waals surface area contributed by atoms with Crippen LogP contribution in [0.3, 0.4) is 0 Å². The number of hydrogen-bond donors (Lipinski definition) is 1. The Morgan fingerprint density at radius 2 is 2.16 bits per heavy atom. The number of nitrogens with one attached hydrogen (secondary N) is 1. The van der Waals surface area contributed by atoms with Crippen LogP contribution in [0.1, 0.15) is 43.0 Å². The van der Waals surface area contributed by atoms with E-state index in [0.29, 0.717) is 5.56 Å². The summed E-state index contributed by atoms with van der Waals surface area (Å²) < 4.78 is 4.81. The molecule has 1 fully saturated rings. The van der Waals surface area contributed by atoms with Gasteiger partial charge in [0.2, 0.25) is 0 Å². The highest BCUT2D eigenvalue weighted by molar-refractivity contribution is 5.95. The molecule has 2 unspecified atom stereocenters. The van der Waals surface area contributed by atoms with Gasteiger partial charge in [-0.25, -0.2) is 4.79 Å². The van der Waals surface area contributed by atoms with Crippen LogP contribution in [0.2, 0.25) is 0 Å². The van der Waals surface area contributed by atoms with Gasteiger partial charge in [-0.05, 0) is 36.8 Å². The van der Waals surface area contributed by atoms with Gasteiger partial charge in [-0.15, -0.1) is 0 Å². The summed E-state index contributed by atoms with van der Waals surface area (Å²) in [5.74, 6) is 1.27. The normalized spacial score (nSPS) is 22.8. The Kier molecular flexibility index (Phi) is 4.83. The van der Waals surface area contributed by atoms with Crippen LogP contribution in [-0.4, -0.2) is 19.6 Å². The molecule has 1 saturated carbocycles. The van der Waals surface area contributed by atoms with Crippen LogP contribution in [0.15, 0.2) is 24.3 Å². The summed E-state index contributed by atoms with van der Waals surface area (Å²) in [4.78, 5) is 11.7. The van der Waals surface area contributed by atoms with Crippen molar-refractivity contribution in [3.05, 3.63) is 29.8 Å². The molecule has 0 aliphatic heterocycles. The first-order valence-electron chi connectivity index (χ1n) is 7.12. The van der Waals surface area contributed by atoms with Crippen LogP contribution in [0.5, 0.6) is 0 Å². The Labute approximate surface area is 115 Å². The lowest BCUT2D eigenvalue weighted by Gasteiger charge is -2.27. The first-order valence-corrected chi connectivity index (χ1v) is 7.12. The summed E-state index contributed by atoms with van der Waals surface area (Å²) in [6.45, 7) is 3.27. The third-order valence-corrected chi connectivity index (χ3v) is 3.96. The fraction of sp³-hybridized carbons (Fsp3) is 0.562. The molecule has 3 heteroatoms. The molecule has 1 aromatic rings. The molecule has 0 amide bonds. The number of esters is 1. The number of hydrogen-bond acceptors (Lipinski definition) is 3. The van der Waals surface area contributed by atoms with E-state index >= 15 is 0 Å². The maximum absolute atomic E-state index is 11.7. The van der Waals surface area contributed by atoms with Gasteiger partial charge in [0, 0.05) is 12.2 Å². The minimum absolute atomic E-state index is 0.278. The Morgan fingerprint density at radius 1 is 1.37 bits per heavy atom. The number of rotatable bonds is 4. The Morgan fingerprint density at radius 3 is 2.89 bits per heavy atom. The molecule has 0 bridgehead atoms. The average Bonchev–Trinajstić information content (AvgIpc) is 2.45. The van der Waals surface area contributed by atoms with E-state index in [1.807, 2.05) is 18.2 Å². The standard InChI is InChI=1S/C16H23NO2/c1-12-6-5-7-13(10-12)11-17-15-9-4-3-8-14(15)16(18)19-2/h3-4,8-9,12-13,17H,5-7,10-11H2,1-2H3. The molecular weight excluding hydrogens is 238 g/mol. The first kappa shape index (κ1) is 13.9. The van der Waals surface area contributed by atoms with Crippen molar-refractivity contribution in [2.24, 2.45) is 11.8 Å². The van der Waals surface area contributed by atoms with Crippen molar-refractivity contribution in [3.63, 3.8) is 0 Å². The van der Waals surface area contributed by atoms with Crippen LogP contribution >= 0.6 is 0 Å². The molecule has 3 nitrogen and oxygen atoms in total. The third kappa shape index (κ3) is 3.72. The molecule has 0 spiro atoms. The highest BCUT2D eigenvalue weighted by Gasteiger charge is 2.19. The van der Waals surface area contributed by atoms with Gasteiger partial charge in [-0.2, -0.15) is 0 Å². The monoisotopic (exact) mass is 261 g/mol. The van der Waals surface area contributed by atoms with Gasteiger partial charge in [-0.1, -0.05) is 31.9 Å². The van der Waals surface area contributed by atoms with Crippen LogP contribution in [0.25, 0.3) is 0 Å². The van der Waals surface area contributed by atoms with Gasteiger partial charge < -0.3 is 10.1 Å². The maximum atomic E-state index is 11.7. The summed E-state index contributed by atoms with van der Waals surface area (Å²) in [7, 11) is 1.42. The number of benzene rings is 1. The minimum atomic E-state index is -0.278. The molecule has 2 rings (SSSR count). The quantitative estimate of drug-likeness (QED) is 0.840. The topological polar surface area (TPSA) is 38.3 Å². The summed E-state index contributed by atoms with van der Waals surface area (Å²) in [5, 5.41) is 3.42. The Hall–Kier alpha value is -1.51. The zero-order valence-electron chi connectivity index (χ0n) is 11.8. The minimum Gasteiger partial charge on any atom is -0.465 e. The third-order valence-electron chi connectivity index (χ3n) is 3.96. The first-order chi connectivity index (χ1) is 9.20. The Balaban J connectivity index is 1.97. The smallest absolute Gasteiger partial charge is 0.339 e. The molecule has 1 aliphatic carbocycles. The molecular formula is C16H23NO2. The molecule has 1 aromatic carbocycles. The van der Waals surface area contributed by atoms with E-state index in [9.17, 15) is 4.79 Å². The molecule has 2 atom stereocenters. The molecule has 0 saturated heterocycles. The highest BCUT2D eigenvalue weighted by atomic mass is 16.5. The zero-order valence-corrected chi connectivity index (χ0v) is 11.8. The van der Waals surface area contributed by atoms with Gasteiger partial charge >= 0.3 is 5.97 Å². The molecule has 0 aromatic heterocycles. The lowest BCUT2D eigenvalue weighted by atomic mass is 9.82. The summed E-state index contributed by atoms with van der Waals surface area (Å²) >= 11 is 0. The summed E-state index contributed by atoms with van der Waals surface area (Å²) in [5.41, 5.74) is 1.50. The van der Waals surface area contributed by atoms with Crippen LogP contribution in [0, 0.1) is 11.8 Å². The van der Waals surface area contributed by atoms with E-state index in [4.69, 9.17) is 4.74 Å². The van der Waals surface area contributed by atoms with E-state index in [0.717, 1.165) is 24.1 Å². The van der Waals surface area contributed by atoms with E-state index < -0.39 is 0 Å². The van der Waals surface area contributed by atoms with E-state index in [2.05, 4.69) is 12.2 Å². The average molecular weight is 261 g/mol. The number of carbonyl (C=O) groups is 1. The largest absolute Gasteiger partial charge is 0.465 e. The van der Waals surface area contributed by atoms with Gasteiger partial charge in [0.25, 0.3) is 0 Å². The SMILES string of the molecule is COC(=O)c1ccccc1NCC1CCCC(C)C1. The van der Waals surface area contributed by atoms with Crippen molar-refractivity contribution < 1.29 is 9.53 Å². The molecule has 19 heavy (non-hydrogen) atoms. The van der Waals surface area contributed by atoms with Crippen LogP contribution < -0.4 is 5.32 Å². The fourth-order valence-corrected chi connectivity index (χ4v) is 2.92. The Bertz CT molecular complexity index is 431. The summed E-state index contributed by atoms with van der Waals surface area (Å²) in [6.07, 6.45) is 5.26. The molecule has 0 radical (unpaired) electrons. The van der Waals surface area contributed by atoms with Crippen molar-refractivity contribution in [1.82, 2.24) is 0 Å². The van der Waals surface area contributed by atoms with Crippen LogP contribution in [-0.2, 0) is 4.74 Å². The van der Waals surface area contributed by atoms with Crippen LogP contribution in [0.4, 0.5) is 5.69 Å². The van der Waals surface area contributed by atoms with Gasteiger partial charge in [0.05, 0.1) is 12.7 Å². The van der Waals surface area contributed by atoms with Gasteiger partial charge in [-0.3, -0.25) is 0 Å². The molecule has 1 aliphatic rings. The molecule has 0 heterocycles. The number of ether oxygens (including phenoxy) is 1. The van der Waals surface area contributed by atoms with Crippen molar-refractivity contribution >= 4 is 11.7 Å². The van der Waals surface area contributed by atoms with E-state index in [1.165, 1.54) is 32.8 Å². The van der Waals surface area contributed by atoms with Crippen molar-refractivity contribution in [1.29, 1.82) is 0 Å². The molecule has 1 N–H and O–H groups in total. The summed E-state index contributed by atoms with van der Waals surface area (Å²) in [6, 6.07) is 7.55. The number of para-hydroxylation sites is 1. The van der Waals surface area contributed by atoms with Gasteiger partial charge in [0.1, 0.15) is 0 Å².